The number of fused-ring (bicyclic) bond motifs is 1. The Kier molecular flexibility index (Phi) is 7.54. The molecule has 2 N–H and O–H groups in total. The Morgan fingerprint density at radius 1 is 1.00 bits per heavy atom. The number of hydrogen-bond acceptors (Lipinski definition) is 4. The topological polar surface area (TPSA) is 75.2 Å². The van der Waals surface area contributed by atoms with Crippen LogP contribution in [-0.2, 0) is 13.1 Å². The van der Waals surface area contributed by atoms with Gasteiger partial charge in [-0.2, -0.15) is 0 Å². The van der Waals surface area contributed by atoms with E-state index in [-0.39, 0.29) is 5.91 Å². The van der Waals surface area contributed by atoms with Crippen LogP contribution in [0.1, 0.15) is 34.8 Å². The molecule has 0 saturated heterocycles. The van der Waals surface area contributed by atoms with Crippen molar-refractivity contribution in [2.24, 2.45) is 4.99 Å². The van der Waals surface area contributed by atoms with Crippen molar-refractivity contribution >= 4 is 11.9 Å². The van der Waals surface area contributed by atoms with Gasteiger partial charge in [0.1, 0.15) is 0 Å². The zero-order valence-corrected chi connectivity index (χ0v) is 17.9. The maximum atomic E-state index is 12.0. The first kappa shape index (κ1) is 21.5. The second kappa shape index (κ2) is 10.5. The van der Waals surface area contributed by atoms with Crippen LogP contribution in [0.5, 0.6) is 11.5 Å². The standard InChI is InChI=1S/C23H30N4O3/c1-4-24-23(25-15-17-6-9-19(10-7-17)22(28)27(2)3)26-16-18-8-11-20-21(14-18)30-13-5-12-29-20/h6-11,14H,4-5,12-13,15-16H2,1-3H3,(H2,24,25,26). The molecule has 0 radical (unpaired) electrons. The lowest BCUT2D eigenvalue weighted by atomic mass is 10.1. The van der Waals surface area contributed by atoms with Gasteiger partial charge in [0.2, 0.25) is 0 Å². The average Bonchev–Trinajstić information content (AvgIpc) is 3.00. The SMILES string of the molecule is CCNC(=NCc1ccc2c(c1)OCCCO2)NCc1ccc(C(=O)N(C)C)cc1. The van der Waals surface area contributed by atoms with Crippen molar-refractivity contribution in [2.45, 2.75) is 26.4 Å². The van der Waals surface area contributed by atoms with Crippen LogP contribution in [-0.4, -0.2) is 50.6 Å². The van der Waals surface area contributed by atoms with Crippen LogP contribution in [0.3, 0.4) is 0 Å². The molecule has 7 nitrogen and oxygen atoms in total. The Bertz CT molecular complexity index is 879. The lowest BCUT2D eigenvalue weighted by molar-refractivity contribution is 0.0827. The molecule has 0 unspecified atom stereocenters. The first-order valence-electron chi connectivity index (χ1n) is 10.3. The fourth-order valence-corrected chi connectivity index (χ4v) is 3.03. The molecular weight excluding hydrogens is 380 g/mol. The second-order valence-electron chi connectivity index (χ2n) is 7.28. The number of hydrogen-bond donors (Lipinski definition) is 2. The van der Waals surface area contributed by atoms with Crippen LogP contribution >= 0.6 is 0 Å². The first-order valence-corrected chi connectivity index (χ1v) is 10.3. The molecule has 0 aromatic heterocycles. The third kappa shape index (κ3) is 5.89. The van der Waals surface area contributed by atoms with Crippen molar-refractivity contribution in [1.82, 2.24) is 15.5 Å². The molecule has 0 aliphatic carbocycles. The van der Waals surface area contributed by atoms with Gasteiger partial charge >= 0.3 is 0 Å². The number of nitrogens with one attached hydrogen (secondary N) is 2. The molecule has 7 heteroatoms. The van der Waals surface area contributed by atoms with Crippen LogP contribution in [0.15, 0.2) is 47.5 Å². The minimum absolute atomic E-state index is 0.000424. The summed E-state index contributed by atoms with van der Waals surface area (Å²) in [7, 11) is 3.50. The summed E-state index contributed by atoms with van der Waals surface area (Å²) in [5, 5.41) is 6.60. The molecule has 0 bridgehead atoms. The number of carbonyl (C=O) groups is 1. The molecule has 1 heterocycles. The number of amides is 1. The molecular formula is C23H30N4O3. The van der Waals surface area contributed by atoms with E-state index < -0.39 is 0 Å². The van der Waals surface area contributed by atoms with Crippen LogP contribution in [0.4, 0.5) is 0 Å². The molecule has 1 aliphatic rings. The molecule has 2 aromatic rings. The summed E-state index contributed by atoms with van der Waals surface area (Å²) in [6.45, 7) is 5.30. The van der Waals surface area contributed by atoms with Crippen LogP contribution in [0, 0.1) is 0 Å². The lowest BCUT2D eigenvalue weighted by Gasteiger charge is -2.13. The molecule has 2 aromatic carbocycles. The van der Waals surface area contributed by atoms with Crippen molar-refractivity contribution in [2.75, 3.05) is 33.9 Å². The molecule has 0 fully saturated rings. The van der Waals surface area contributed by atoms with Crippen molar-refractivity contribution in [3.8, 4) is 11.5 Å². The molecule has 160 valence electrons. The van der Waals surface area contributed by atoms with Crippen LogP contribution in [0.25, 0.3) is 0 Å². The summed E-state index contributed by atoms with van der Waals surface area (Å²) in [5.41, 5.74) is 2.81. The van der Waals surface area contributed by atoms with E-state index in [2.05, 4.69) is 15.6 Å². The van der Waals surface area contributed by atoms with Crippen molar-refractivity contribution in [1.29, 1.82) is 0 Å². The highest BCUT2D eigenvalue weighted by atomic mass is 16.5. The third-order valence-electron chi connectivity index (χ3n) is 4.64. The smallest absolute Gasteiger partial charge is 0.253 e. The zero-order valence-electron chi connectivity index (χ0n) is 17.9. The van der Waals surface area contributed by atoms with E-state index in [9.17, 15) is 4.79 Å². The molecule has 1 aliphatic heterocycles. The fourth-order valence-electron chi connectivity index (χ4n) is 3.03. The third-order valence-corrected chi connectivity index (χ3v) is 4.64. The highest BCUT2D eigenvalue weighted by Crippen LogP contribution is 2.30. The summed E-state index contributed by atoms with van der Waals surface area (Å²) in [5.74, 6) is 2.31. The Balaban J connectivity index is 1.61. The van der Waals surface area contributed by atoms with Crippen molar-refractivity contribution in [3.63, 3.8) is 0 Å². The summed E-state index contributed by atoms with van der Waals surface area (Å²) in [6.07, 6.45) is 0.890. The second-order valence-corrected chi connectivity index (χ2v) is 7.28. The average molecular weight is 411 g/mol. The summed E-state index contributed by atoms with van der Waals surface area (Å²) in [6, 6.07) is 13.6. The molecule has 0 saturated carbocycles. The van der Waals surface area contributed by atoms with E-state index in [1.807, 2.05) is 49.4 Å². The van der Waals surface area contributed by atoms with E-state index in [1.165, 1.54) is 0 Å². The Hall–Kier alpha value is -3.22. The minimum atomic E-state index is -0.000424. The number of benzene rings is 2. The Morgan fingerprint density at radius 3 is 2.40 bits per heavy atom. The number of rotatable bonds is 6. The van der Waals surface area contributed by atoms with Gasteiger partial charge in [0.25, 0.3) is 5.91 Å². The number of guanidine groups is 1. The van der Waals surface area contributed by atoms with E-state index >= 15 is 0 Å². The maximum Gasteiger partial charge on any atom is 0.253 e. The first-order chi connectivity index (χ1) is 14.6. The van der Waals surface area contributed by atoms with Gasteiger partial charge in [-0.05, 0) is 42.3 Å². The van der Waals surface area contributed by atoms with Gasteiger partial charge in [0, 0.05) is 39.2 Å². The van der Waals surface area contributed by atoms with E-state index in [0.717, 1.165) is 41.6 Å². The number of carbonyl (C=O) groups excluding carboxylic acids is 1. The zero-order chi connectivity index (χ0) is 21.3. The summed E-state index contributed by atoms with van der Waals surface area (Å²) in [4.78, 5) is 18.2. The van der Waals surface area contributed by atoms with E-state index in [0.29, 0.717) is 31.9 Å². The molecule has 1 amide bonds. The van der Waals surface area contributed by atoms with Gasteiger partial charge in [-0.15, -0.1) is 0 Å². The van der Waals surface area contributed by atoms with E-state index in [4.69, 9.17) is 9.47 Å². The van der Waals surface area contributed by atoms with Crippen LogP contribution < -0.4 is 20.1 Å². The number of nitrogens with zero attached hydrogens (tertiary/aromatic N) is 2. The van der Waals surface area contributed by atoms with Crippen molar-refractivity contribution < 1.29 is 14.3 Å². The quantitative estimate of drug-likeness (QED) is 0.566. The van der Waals surface area contributed by atoms with Gasteiger partial charge in [-0.3, -0.25) is 4.79 Å². The largest absolute Gasteiger partial charge is 0.490 e. The molecule has 3 rings (SSSR count). The maximum absolute atomic E-state index is 12.0. The number of ether oxygens (including phenoxy) is 2. The normalized spacial score (nSPS) is 13.4. The fraction of sp³-hybridized carbons (Fsp3) is 0.391. The van der Waals surface area contributed by atoms with Gasteiger partial charge in [0.15, 0.2) is 17.5 Å². The minimum Gasteiger partial charge on any atom is -0.490 e. The predicted molar refractivity (Wildman–Crippen MR) is 118 cm³/mol. The highest BCUT2D eigenvalue weighted by Gasteiger charge is 2.11. The predicted octanol–water partition coefficient (Wildman–Crippen LogP) is 2.81. The van der Waals surface area contributed by atoms with Gasteiger partial charge in [0.05, 0.1) is 19.8 Å². The Labute approximate surface area is 178 Å². The molecule has 30 heavy (non-hydrogen) atoms. The summed E-state index contributed by atoms with van der Waals surface area (Å²) < 4.78 is 11.4. The number of aliphatic imine (C=N–C) groups is 1. The summed E-state index contributed by atoms with van der Waals surface area (Å²) >= 11 is 0. The Morgan fingerprint density at radius 2 is 1.70 bits per heavy atom. The van der Waals surface area contributed by atoms with Gasteiger partial charge in [-0.1, -0.05) is 18.2 Å². The lowest BCUT2D eigenvalue weighted by Crippen LogP contribution is -2.36. The van der Waals surface area contributed by atoms with Gasteiger partial charge < -0.3 is 25.0 Å². The molecule has 0 atom stereocenters. The monoisotopic (exact) mass is 410 g/mol. The molecule has 0 spiro atoms. The van der Waals surface area contributed by atoms with Gasteiger partial charge in [-0.25, -0.2) is 4.99 Å². The van der Waals surface area contributed by atoms with Crippen molar-refractivity contribution in [3.05, 3.63) is 59.2 Å². The van der Waals surface area contributed by atoms with E-state index in [1.54, 1.807) is 19.0 Å². The highest BCUT2D eigenvalue weighted by molar-refractivity contribution is 5.93. The van der Waals surface area contributed by atoms with Crippen LogP contribution in [0.2, 0.25) is 0 Å².